The zero-order valence-electron chi connectivity index (χ0n) is 9.40. The van der Waals surface area contributed by atoms with Gasteiger partial charge in [-0.1, -0.05) is 41.6 Å². The van der Waals surface area contributed by atoms with E-state index in [2.05, 4.69) is 17.1 Å². The molecule has 0 heterocycles. The molecule has 0 bridgehead atoms. The molecule has 4 N–H and O–H groups in total. The normalized spacial score (nSPS) is 11.4. The summed E-state index contributed by atoms with van der Waals surface area (Å²) >= 11 is 0. The summed E-state index contributed by atoms with van der Waals surface area (Å²) in [6, 6.07) is 7.54. The van der Waals surface area contributed by atoms with Gasteiger partial charge in [0.15, 0.2) is 5.84 Å². The summed E-state index contributed by atoms with van der Waals surface area (Å²) in [6.07, 6.45) is 0. The fourth-order valence-corrected chi connectivity index (χ4v) is 1.27. The van der Waals surface area contributed by atoms with Crippen molar-refractivity contribution in [2.75, 3.05) is 6.54 Å². The number of benzene rings is 1. The van der Waals surface area contributed by atoms with Crippen LogP contribution in [0.3, 0.4) is 0 Å². The van der Waals surface area contributed by atoms with Gasteiger partial charge in [0, 0.05) is 18.7 Å². The Kier molecular flexibility index (Phi) is 4.54. The lowest BCUT2D eigenvalue weighted by Crippen LogP contribution is -2.16. The SMILES string of the molecule is C=C(C)CNCc1ccc(/C(N)=N/O)cc1. The molecule has 0 saturated carbocycles. The van der Waals surface area contributed by atoms with Gasteiger partial charge in [0.05, 0.1) is 0 Å². The van der Waals surface area contributed by atoms with Crippen LogP contribution in [0.1, 0.15) is 18.1 Å². The molecule has 0 atom stereocenters. The van der Waals surface area contributed by atoms with E-state index in [-0.39, 0.29) is 5.84 Å². The van der Waals surface area contributed by atoms with E-state index in [1.54, 1.807) is 0 Å². The fraction of sp³-hybridized carbons (Fsp3) is 0.250. The first kappa shape index (κ1) is 12.3. The molecule has 0 amide bonds. The summed E-state index contributed by atoms with van der Waals surface area (Å²) in [7, 11) is 0. The number of nitrogens with two attached hydrogens (primary N) is 1. The van der Waals surface area contributed by atoms with Crippen LogP contribution in [0.2, 0.25) is 0 Å². The molecule has 0 fully saturated rings. The van der Waals surface area contributed by atoms with Gasteiger partial charge in [0.25, 0.3) is 0 Å². The minimum Gasteiger partial charge on any atom is -0.409 e. The van der Waals surface area contributed by atoms with E-state index in [9.17, 15) is 0 Å². The van der Waals surface area contributed by atoms with E-state index in [1.165, 1.54) is 0 Å². The van der Waals surface area contributed by atoms with Gasteiger partial charge >= 0.3 is 0 Å². The van der Waals surface area contributed by atoms with Crippen LogP contribution < -0.4 is 11.1 Å². The molecule has 0 aliphatic heterocycles. The van der Waals surface area contributed by atoms with Crippen molar-refractivity contribution in [1.29, 1.82) is 0 Å². The van der Waals surface area contributed by atoms with E-state index in [0.717, 1.165) is 24.2 Å². The third-order valence-corrected chi connectivity index (χ3v) is 2.11. The van der Waals surface area contributed by atoms with Crippen molar-refractivity contribution in [2.45, 2.75) is 13.5 Å². The van der Waals surface area contributed by atoms with Crippen LogP contribution in [-0.4, -0.2) is 17.6 Å². The summed E-state index contributed by atoms with van der Waals surface area (Å²) in [5.74, 6) is 0.126. The van der Waals surface area contributed by atoms with E-state index < -0.39 is 0 Å². The average Bonchev–Trinajstić information content (AvgIpc) is 2.28. The Balaban J connectivity index is 2.55. The smallest absolute Gasteiger partial charge is 0.170 e. The van der Waals surface area contributed by atoms with Gasteiger partial charge in [0.2, 0.25) is 0 Å². The Morgan fingerprint density at radius 3 is 2.56 bits per heavy atom. The van der Waals surface area contributed by atoms with Crippen molar-refractivity contribution in [3.05, 3.63) is 47.5 Å². The maximum Gasteiger partial charge on any atom is 0.170 e. The molecule has 1 aromatic carbocycles. The van der Waals surface area contributed by atoms with Crippen molar-refractivity contribution in [1.82, 2.24) is 5.32 Å². The summed E-state index contributed by atoms with van der Waals surface area (Å²) in [5.41, 5.74) is 8.42. The Morgan fingerprint density at radius 2 is 2.06 bits per heavy atom. The van der Waals surface area contributed by atoms with Gasteiger partial charge in [-0.15, -0.1) is 0 Å². The number of nitrogens with one attached hydrogen (secondary N) is 1. The lowest BCUT2D eigenvalue weighted by molar-refractivity contribution is 0.318. The van der Waals surface area contributed by atoms with Gasteiger partial charge in [-0.05, 0) is 12.5 Å². The number of rotatable bonds is 5. The number of amidine groups is 1. The maximum absolute atomic E-state index is 8.50. The summed E-state index contributed by atoms with van der Waals surface area (Å²) < 4.78 is 0. The zero-order chi connectivity index (χ0) is 12.0. The van der Waals surface area contributed by atoms with Gasteiger partial charge in [-0.3, -0.25) is 0 Å². The second-order valence-corrected chi connectivity index (χ2v) is 3.74. The van der Waals surface area contributed by atoms with Crippen molar-refractivity contribution >= 4 is 5.84 Å². The quantitative estimate of drug-likeness (QED) is 0.231. The molecule has 0 saturated heterocycles. The molecule has 1 aromatic rings. The highest BCUT2D eigenvalue weighted by Gasteiger charge is 1.98. The number of hydrogen-bond acceptors (Lipinski definition) is 3. The van der Waals surface area contributed by atoms with Crippen molar-refractivity contribution in [2.24, 2.45) is 10.9 Å². The highest BCUT2D eigenvalue weighted by atomic mass is 16.4. The van der Waals surface area contributed by atoms with E-state index in [0.29, 0.717) is 5.56 Å². The topological polar surface area (TPSA) is 70.6 Å². The van der Waals surface area contributed by atoms with Crippen LogP contribution in [0, 0.1) is 0 Å². The first-order valence-electron chi connectivity index (χ1n) is 5.05. The molecule has 1 rings (SSSR count). The van der Waals surface area contributed by atoms with E-state index in [4.69, 9.17) is 10.9 Å². The average molecular weight is 219 g/mol. The van der Waals surface area contributed by atoms with Gasteiger partial charge in [-0.25, -0.2) is 0 Å². The number of nitrogens with zero attached hydrogens (tertiary/aromatic N) is 1. The summed E-state index contributed by atoms with van der Waals surface area (Å²) in [6.45, 7) is 7.38. The number of hydrogen-bond donors (Lipinski definition) is 3. The molecule has 4 nitrogen and oxygen atoms in total. The third kappa shape index (κ3) is 3.74. The molecule has 0 unspecified atom stereocenters. The minimum absolute atomic E-state index is 0.126. The molecule has 0 aromatic heterocycles. The Bertz CT molecular complexity index is 382. The molecule has 16 heavy (non-hydrogen) atoms. The molecule has 0 aliphatic rings. The predicted molar refractivity (Wildman–Crippen MR) is 65.5 cm³/mol. The first-order valence-corrected chi connectivity index (χ1v) is 5.05. The summed E-state index contributed by atoms with van der Waals surface area (Å²) in [4.78, 5) is 0. The molecule has 0 aliphatic carbocycles. The van der Waals surface area contributed by atoms with E-state index >= 15 is 0 Å². The van der Waals surface area contributed by atoms with Crippen LogP contribution in [0.25, 0.3) is 0 Å². The highest BCUT2D eigenvalue weighted by molar-refractivity contribution is 5.96. The number of oxime groups is 1. The Hall–Kier alpha value is -1.81. The second kappa shape index (κ2) is 5.92. The van der Waals surface area contributed by atoms with E-state index in [1.807, 2.05) is 31.2 Å². The largest absolute Gasteiger partial charge is 0.409 e. The van der Waals surface area contributed by atoms with Crippen LogP contribution in [0.15, 0.2) is 41.6 Å². The van der Waals surface area contributed by atoms with Crippen LogP contribution in [-0.2, 0) is 6.54 Å². The highest BCUT2D eigenvalue weighted by Crippen LogP contribution is 2.04. The first-order chi connectivity index (χ1) is 7.63. The molecular formula is C12H17N3O. The standard InChI is InChI=1S/C12H17N3O/c1-9(2)7-14-8-10-3-5-11(6-4-10)12(13)15-16/h3-6,14,16H,1,7-8H2,2H3,(H2,13,15). The molecule has 86 valence electrons. The predicted octanol–water partition coefficient (Wildman–Crippen LogP) is 1.45. The van der Waals surface area contributed by atoms with Crippen molar-refractivity contribution in [3.8, 4) is 0 Å². The van der Waals surface area contributed by atoms with Crippen LogP contribution >= 0.6 is 0 Å². The van der Waals surface area contributed by atoms with Crippen LogP contribution in [0.5, 0.6) is 0 Å². The van der Waals surface area contributed by atoms with Gasteiger partial charge < -0.3 is 16.3 Å². The van der Waals surface area contributed by atoms with Crippen molar-refractivity contribution < 1.29 is 5.21 Å². The lowest BCUT2D eigenvalue weighted by Gasteiger charge is -2.05. The molecule has 0 spiro atoms. The van der Waals surface area contributed by atoms with Gasteiger partial charge in [0.1, 0.15) is 0 Å². The molecular weight excluding hydrogens is 202 g/mol. The zero-order valence-corrected chi connectivity index (χ0v) is 9.40. The maximum atomic E-state index is 8.50. The van der Waals surface area contributed by atoms with Crippen molar-refractivity contribution in [3.63, 3.8) is 0 Å². The third-order valence-electron chi connectivity index (χ3n) is 2.11. The lowest BCUT2D eigenvalue weighted by atomic mass is 10.1. The summed E-state index contributed by atoms with van der Waals surface area (Å²) in [5, 5.41) is 14.7. The van der Waals surface area contributed by atoms with Gasteiger partial charge in [-0.2, -0.15) is 0 Å². The fourth-order valence-electron chi connectivity index (χ4n) is 1.27. The molecule has 0 radical (unpaired) electrons. The Morgan fingerprint density at radius 1 is 1.44 bits per heavy atom. The molecule has 4 heteroatoms. The Labute approximate surface area is 95.5 Å². The minimum atomic E-state index is 0.126. The monoisotopic (exact) mass is 219 g/mol. The second-order valence-electron chi connectivity index (χ2n) is 3.74. The van der Waals surface area contributed by atoms with Crippen LogP contribution in [0.4, 0.5) is 0 Å².